The van der Waals surface area contributed by atoms with E-state index in [1.165, 1.54) is 30.3 Å². The summed E-state index contributed by atoms with van der Waals surface area (Å²) in [5.74, 6) is -2.53. The maximum absolute atomic E-state index is 13.0. The van der Waals surface area contributed by atoms with Crippen molar-refractivity contribution in [3.05, 3.63) is 96.5 Å². The predicted octanol–water partition coefficient (Wildman–Crippen LogP) is 7.64. The van der Waals surface area contributed by atoms with Crippen molar-refractivity contribution in [1.82, 2.24) is 0 Å². The molecule has 0 heterocycles. The lowest BCUT2D eigenvalue weighted by Gasteiger charge is -2.11. The van der Waals surface area contributed by atoms with Gasteiger partial charge in [-0.05, 0) is 60.5 Å². The first-order chi connectivity index (χ1) is 16.9. The fraction of sp³-hybridized carbons (Fsp3) is 0.167. The second-order valence-corrected chi connectivity index (χ2v) is 11.0. The maximum Gasteiger partial charge on any atom is 0.293 e. The fourth-order valence-corrected chi connectivity index (χ4v) is 5.48. The van der Waals surface area contributed by atoms with Crippen molar-refractivity contribution in [3.63, 3.8) is 0 Å². The topological polar surface area (TPSA) is 101 Å². The number of alkyl halides is 2. The van der Waals surface area contributed by atoms with Crippen molar-refractivity contribution in [1.29, 1.82) is 0 Å². The molecule has 2 atom stereocenters. The number of nitro benzene ring substituents is 1. The number of carbonyl (C=O) groups is 2. The van der Waals surface area contributed by atoms with Gasteiger partial charge in [0.05, 0.1) is 21.4 Å². The molecule has 1 aliphatic carbocycles. The normalized spacial score (nSPS) is 17.8. The van der Waals surface area contributed by atoms with Gasteiger partial charge in [0.15, 0.2) is 0 Å². The Morgan fingerprint density at radius 3 is 2.25 bits per heavy atom. The van der Waals surface area contributed by atoms with E-state index < -0.39 is 32.9 Å². The van der Waals surface area contributed by atoms with Crippen molar-refractivity contribution in [2.75, 3.05) is 10.6 Å². The Hall–Kier alpha value is -2.55. The van der Waals surface area contributed by atoms with E-state index in [0.717, 1.165) is 0 Å². The molecule has 186 valence electrons. The number of nitro groups is 1. The summed E-state index contributed by atoms with van der Waals surface area (Å²) < 4.78 is -1.38. The van der Waals surface area contributed by atoms with Crippen LogP contribution in [0.5, 0.6) is 0 Å². The molecule has 3 aromatic rings. The molecule has 2 N–H and O–H groups in total. The van der Waals surface area contributed by atoms with E-state index in [1.54, 1.807) is 31.2 Å². The molecule has 7 nitrogen and oxygen atoms in total. The minimum absolute atomic E-state index is 0.00122. The summed E-state index contributed by atoms with van der Waals surface area (Å²) in [5.41, 5.74) is 1.29. The van der Waals surface area contributed by atoms with Crippen molar-refractivity contribution in [2.45, 2.75) is 17.2 Å². The molecule has 1 aliphatic rings. The number of hydrogen-bond acceptors (Lipinski definition) is 4. The SMILES string of the molecule is Cc1ccc(NC(=O)c2cc(NC(=O)[C@@H]3[C@@H](c4cc(Cl)cc(Cl)c4)C3(Cl)Cl)ccc2Cl)c([N+](=O)[O-])c1. The van der Waals surface area contributed by atoms with Gasteiger partial charge in [0.25, 0.3) is 11.6 Å². The number of aryl methyl sites for hydroxylation is 1. The number of benzene rings is 3. The molecule has 1 fully saturated rings. The number of hydrogen-bond donors (Lipinski definition) is 2. The van der Waals surface area contributed by atoms with Gasteiger partial charge in [-0.15, -0.1) is 23.2 Å². The molecule has 0 aromatic heterocycles. The van der Waals surface area contributed by atoms with E-state index in [2.05, 4.69) is 10.6 Å². The monoisotopic (exact) mass is 585 g/mol. The van der Waals surface area contributed by atoms with E-state index in [4.69, 9.17) is 58.0 Å². The van der Waals surface area contributed by atoms with Gasteiger partial charge in [0.2, 0.25) is 5.91 Å². The highest BCUT2D eigenvalue weighted by molar-refractivity contribution is 6.53. The van der Waals surface area contributed by atoms with Crippen LogP contribution in [0.25, 0.3) is 0 Å². The zero-order chi connectivity index (χ0) is 26.4. The van der Waals surface area contributed by atoms with Crippen LogP contribution >= 0.6 is 58.0 Å². The van der Waals surface area contributed by atoms with Gasteiger partial charge < -0.3 is 10.6 Å². The summed E-state index contributed by atoms with van der Waals surface area (Å²) in [4.78, 5) is 36.7. The van der Waals surface area contributed by atoms with Crippen LogP contribution in [0.1, 0.15) is 27.4 Å². The van der Waals surface area contributed by atoms with E-state index in [0.29, 0.717) is 21.2 Å². The number of nitrogens with zero attached hydrogens (tertiary/aromatic N) is 1. The first kappa shape index (κ1) is 26.5. The molecule has 0 bridgehead atoms. The first-order valence-electron chi connectivity index (χ1n) is 10.4. The Labute approximate surface area is 230 Å². The molecular formula is C24H16Cl5N3O4. The molecule has 0 spiro atoms. The summed E-state index contributed by atoms with van der Waals surface area (Å²) in [6.07, 6.45) is 0. The van der Waals surface area contributed by atoms with Crippen molar-refractivity contribution < 1.29 is 14.5 Å². The van der Waals surface area contributed by atoms with Gasteiger partial charge in [-0.2, -0.15) is 0 Å². The summed E-state index contributed by atoms with van der Waals surface area (Å²) >= 11 is 31.1. The molecule has 12 heteroatoms. The van der Waals surface area contributed by atoms with Crippen LogP contribution in [0, 0.1) is 23.0 Å². The van der Waals surface area contributed by atoms with Crippen LogP contribution in [0.15, 0.2) is 54.6 Å². The zero-order valence-electron chi connectivity index (χ0n) is 18.3. The lowest BCUT2D eigenvalue weighted by molar-refractivity contribution is -0.384. The first-order valence-corrected chi connectivity index (χ1v) is 12.3. The van der Waals surface area contributed by atoms with Gasteiger partial charge in [0, 0.05) is 27.7 Å². The molecule has 3 aromatic carbocycles. The minimum atomic E-state index is -1.38. The molecule has 0 radical (unpaired) electrons. The third-order valence-corrected chi connectivity index (χ3v) is 7.36. The summed E-state index contributed by atoms with van der Waals surface area (Å²) in [5, 5.41) is 17.4. The predicted molar refractivity (Wildman–Crippen MR) is 143 cm³/mol. The van der Waals surface area contributed by atoms with Crippen LogP contribution in [-0.2, 0) is 4.79 Å². The standard InChI is InChI=1S/C24H16Cl5N3O4/c1-11-2-5-18(19(6-11)32(35)36)31-22(33)16-10-15(3-4-17(16)27)30-23(34)21-20(24(21,28)29)12-7-13(25)9-14(26)8-12/h2-10,20-21H,1H3,(H,30,34)(H,31,33)/t20-,21+/m1/s1. The lowest BCUT2D eigenvalue weighted by atomic mass is 10.1. The fourth-order valence-electron chi connectivity index (χ4n) is 3.91. The van der Waals surface area contributed by atoms with Gasteiger partial charge in [-0.25, -0.2) is 0 Å². The van der Waals surface area contributed by atoms with Crippen molar-refractivity contribution >= 4 is 86.9 Å². The van der Waals surface area contributed by atoms with Gasteiger partial charge in [0.1, 0.15) is 10.0 Å². The Balaban J connectivity index is 1.53. The Bertz CT molecular complexity index is 1390. The Morgan fingerprint density at radius 2 is 1.61 bits per heavy atom. The molecule has 0 unspecified atom stereocenters. The molecule has 0 aliphatic heterocycles. The van der Waals surface area contributed by atoms with Gasteiger partial charge >= 0.3 is 0 Å². The molecular weight excluding hydrogens is 572 g/mol. The maximum atomic E-state index is 13.0. The highest BCUT2D eigenvalue weighted by Gasteiger charge is 2.67. The average molecular weight is 588 g/mol. The van der Waals surface area contributed by atoms with E-state index in [-0.39, 0.29) is 27.6 Å². The van der Waals surface area contributed by atoms with Gasteiger partial charge in [-0.1, -0.05) is 40.9 Å². The Morgan fingerprint density at radius 1 is 0.944 bits per heavy atom. The van der Waals surface area contributed by atoms with Crippen LogP contribution in [0.4, 0.5) is 17.1 Å². The number of rotatable bonds is 6. The van der Waals surface area contributed by atoms with Crippen LogP contribution in [0.2, 0.25) is 15.1 Å². The van der Waals surface area contributed by atoms with Crippen molar-refractivity contribution in [2.24, 2.45) is 5.92 Å². The second-order valence-electron chi connectivity index (χ2n) is 8.25. The third-order valence-electron chi connectivity index (χ3n) is 5.66. The van der Waals surface area contributed by atoms with Crippen LogP contribution in [-0.4, -0.2) is 21.1 Å². The zero-order valence-corrected chi connectivity index (χ0v) is 22.1. The summed E-state index contributed by atoms with van der Waals surface area (Å²) in [7, 11) is 0. The third kappa shape index (κ3) is 5.41. The number of carbonyl (C=O) groups excluding carboxylic acids is 2. The smallest absolute Gasteiger partial charge is 0.293 e. The molecule has 4 rings (SSSR count). The van der Waals surface area contributed by atoms with E-state index in [9.17, 15) is 19.7 Å². The molecule has 0 saturated heterocycles. The number of halogens is 5. The van der Waals surface area contributed by atoms with Crippen LogP contribution < -0.4 is 10.6 Å². The molecule has 2 amide bonds. The summed E-state index contributed by atoms with van der Waals surface area (Å²) in [6.45, 7) is 1.70. The second kappa shape index (κ2) is 10.1. The highest BCUT2D eigenvalue weighted by Crippen LogP contribution is 2.65. The van der Waals surface area contributed by atoms with Crippen molar-refractivity contribution in [3.8, 4) is 0 Å². The largest absolute Gasteiger partial charge is 0.326 e. The van der Waals surface area contributed by atoms with E-state index >= 15 is 0 Å². The lowest BCUT2D eigenvalue weighted by Crippen LogP contribution is -2.18. The van der Waals surface area contributed by atoms with Crippen LogP contribution in [0.3, 0.4) is 0 Å². The Kier molecular flexibility index (Phi) is 7.42. The molecule has 1 saturated carbocycles. The molecule has 36 heavy (non-hydrogen) atoms. The number of anilines is 2. The van der Waals surface area contributed by atoms with Gasteiger partial charge in [-0.3, -0.25) is 19.7 Å². The quantitative estimate of drug-likeness (QED) is 0.176. The summed E-state index contributed by atoms with van der Waals surface area (Å²) in [6, 6.07) is 13.5. The highest BCUT2D eigenvalue weighted by atomic mass is 35.5. The number of amides is 2. The minimum Gasteiger partial charge on any atom is -0.326 e. The number of nitrogens with one attached hydrogen (secondary N) is 2. The van der Waals surface area contributed by atoms with E-state index in [1.807, 2.05) is 0 Å². The average Bonchev–Trinajstić information content (AvgIpc) is 3.37.